The van der Waals surface area contributed by atoms with Crippen molar-refractivity contribution in [3.63, 3.8) is 0 Å². The molecule has 5 heteroatoms. The number of ether oxygens (including phenoxy) is 1. The van der Waals surface area contributed by atoms with Crippen molar-refractivity contribution in [2.45, 2.75) is 0 Å². The summed E-state index contributed by atoms with van der Waals surface area (Å²) in [7, 11) is 0. The van der Waals surface area contributed by atoms with Crippen LogP contribution in [-0.4, -0.2) is 6.09 Å². The summed E-state index contributed by atoms with van der Waals surface area (Å²) in [4.78, 5) is 10.2. The Labute approximate surface area is 72.9 Å². The summed E-state index contributed by atoms with van der Waals surface area (Å²) in [5.74, 6) is -0.951. The number of hydrogen-bond acceptors (Lipinski definition) is 2. The second kappa shape index (κ2) is 3.40. The second-order valence-corrected chi connectivity index (χ2v) is 2.43. The highest BCUT2D eigenvalue weighted by molar-refractivity contribution is 6.30. The third kappa shape index (κ3) is 2.10. The van der Waals surface area contributed by atoms with Gasteiger partial charge in [-0.05, 0) is 18.2 Å². The maximum absolute atomic E-state index is 12.8. The van der Waals surface area contributed by atoms with Crippen LogP contribution in [0.25, 0.3) is 0 Å². The van der Waals surface area contributed by atoms with Crippen molar-refractivity contribution in [2.24, 2.45) is 5.73 Å². The summed E-state index contributed by atoms with van der Waals surface area (Å²) in [6.07, 6.45) is -1.06. The first kappa shape index (κ1) is 8.80. The molecule has 0 saturated carbocycles. The fraction of sp³-hybridized carbons (Fsp3) is 0. The predicted octanol–water partition coefficient (Wildman–Crippen LogP) is 1.94. The van der Waals surface area contributed by atoms with Crippen molar-refractivity contribution in [1.29, 1.82) is 0 Å². The van der Waals surface area contributed by atoms with E-state index in [-0.39, 0.29) is 10.8 Å². The maximum atomic E-state index is 12.8. The van der Waals surface area contributed by atoms with E-state index in [2.05, 4.69) is 10.5 Å². The van der Waals surface area contributed by atoms with E-state index in [1.165, 1.54) is 12.1 Å². The monoisotopic (exact) mass is 189 g/mol. The largest absolute Gasteiger partial charge is 0.410 e. The molecule has 0 aliphatic heterocycles. The lowest BCUT2D eigenvalue weighted by atomic mass is 10.3. The normalized spacial score (nSPS) is 9.50. The molecule has 0 unspecified atom stereocenters. The van der Waals surface area contributed by atoms with Gasteiger partial charge in [0.1, 0.15) is 0 Å². The Morgan fingerprint density at radius 3 is 2.75 bits per heavy atom. The van der Waals surface area contributed by atoms with Crippen LogP contribution in [0.5, 0.6) is 5.75 Å². The summed E-state index contributed by atoms with van der Waals surface area (Å²) in [5, 5.41) is 0.226. The minimum Gasteiger partial charge on any atom is -0.407 e. The molecule has 0 aromatic heterocycles. The maximum Gasteiger partial charge on any atom is 0.410 e. The standard InChI is InChI=1S/C7H5ClFNO2/c8-4-1-2-6(5(9)3-4)12-7(10)11/h1-3H,(H2,10,11). The van der Waals surface area contributed by atoms with Gasteiger partial charge in [-0.25, -0.2) is 9.18 Å². The van der Waals surface area contributed by atoms with Gasteiger partial charge in [-0.2, -0.15) is 0 Å². The molecule has 0 bridgehead atoms. The third-order valence-corrected chi connectivity index (χ3v) is 1.34. The smallest absolute Gasteiger partial charge is 0.407 e. The van der Waals surface area contributed by atoms with Crippen LogP contribution < -0.4 is 10.5 Å². The van der Waals surface area contributed by atoms with Crippen LogP contribution in [-0.2, 0) is 0 Å². The first-order valence-corrected chi connectivity index (χ1v) is 3.40. The highest BCUT2D eigenvalue weighted by Gasteiger charge is 2.05. The zero-order valence-electron chi connectivity index (χ0n) is 5.88. The number of rotatable bonds is 1. The Bertz CT molecular complexity index is 316. The van der Waals surface area contributed by atoms with Crippen molar-refractivity contribution in [2.75, 3.05) is 0 Å². The van der Waals surface area contributed by atoms with E-state index in [1.807, 2.05) is 0 Å². The summed E-state index contributed by atoms with van der Waals surface area (Å²) in [5.41, 5.74) is 4.67. The van der Waals surface area contributed by atoms with Gasteiger partial charge in [-0.1, -0.05) is 11.6 Å². The molecule has 3 nitrogen and oxygen atoms in total. The number of amides is 1. The number of benzene rings is 1. The average molecular weight is 190 g/mol. The molecule has 2 N–H and O–H groups in total. The van der Waals surface area contributed by atoms with Crippen LogP contribution in [0.2, 0.25) is 5.02 Å². The number of halogens is 2. The van der Waals surface area contributed by atoms with E-state index < -0.39 is 11.9 Å². The average Bonchev–Trinajstić information content (AvgIpc) is 1.94. The zero-order valence-corrected chi connectivity index (χ0v) is 6.64. The van der Waals surface area contributed by atoms with Gasteiger partial charge >= 0.3 is 6.09 Å². The van der Waals surface area contributed by atoms with Crippen LogP contribution >= 0.6 is 11.6 Å². The van der Waals surface area contributed by atoms with Crippen molar-refractivity contribution >= 4 is 17.7 Å². The van der Waals surface area contributed by atoms with Gasteiger partial charge in [0.2, 0.25) is 0 Å². The third-order valence-electron chi connectivity index (χ3n) is 1.10. The van der Waals surface area contributed by atoms with Gasteiger partial charge < -0.3 is 10.5 Å². The molecule has 0 saturated heterocycles. The molecular formula is C7H5ClFNO2. The first-order chi connectivity index (χ1) is 5.59. The Morgan fingerprint density at radius 1 is 1.58 bits per heavy atom. The first-order valence-electron chi connectivity index (χ1n) is 3.02. The van der Waals surface area contributed by atoms with Crippen LogP contribution in [0.4, 0.5) is 9.18 Å². The molecule has 0 spiro atoms. The summed E-state index contributed by atoms with van der Waals surface area (Å²) in [6.45, 7) is 0. The number of hydrogen-bond donors (Lipinski definition) is 1. The van der Waals surface area contributed by atoms with E-state index in [0.29, 0.717) is 0 Å². The molecule has 0 heterocycles. The molecule has 64 valence electrons. The second-order valence-electron chi connectivity index (χ2n) is 2.00. The van der Waals surface area contributed by atoms with Gasteiger partial charge in [0, 0.05) is 5.02 Å². The van der Waals surface area contributed by atoms with E-state index in [1.54, 1.807) is 0 Å². The van der Waals surface area contributed by atoms with Gasteiger partial charge in [0.05, 0.1) is 0 Å². The van der Waals surface area contributed by atoms with E-state index in [0.717, 1.165) is 6.07 Å². The molecule has 0 fully saturated rings. The van der Waals surface area contributed by atoms with Crippen molar-refractivity contribution in [3.05, 3.63) is 29.0 Å². The fourth-order valence-electron chi connectivity index (χ4n) is 0.666. The number of nitrogens with two attached hydrogens (primary N) is 1. The number of carbonyl (C=O) groups excluding carboxylic acids is 1. The lowest BCUT2D eigenvalue weighted by molar-refractivity contribution is 0.208. The zero-order chi connectivity index (χ0) is 9.14. The molecule has 12 heavy (non-hydrogen) atoms. The molecule has 0 aliphatic carbocycles. The van der Waals surface area contributed by atoms with E-state index in [9.17, 15) is 9.18 Å². The van der Waals surface area contributed by atoms with E-state index >= 15 is 0 Å². The van der Waals surface area contributed by atoms with Crippen LogP contribution in [0.3, 0.4) is 0 Å². The fourth-order valence-corrected chi connectivity index (χ4v) is 0.825. The SMILES string of the molecule is NC(=O)Oc1ccc(Cl)cc1F. The lowest BCUT2D eigenvalue weighted by Crippen LogP contribution is -2.16. The number of carbonyl (C=O) groups is 1. The number of primary amides is 1. The van der Waals surface area contributed by atoms with Gasteiger partial charge in [-0.3, -0.25) is 0 Å². The van der Waals surface area contributed by atoms with Crippen LogP contribution in [0.15, 0.2) is 18.2 Å². The topological polar surface area (TPSA) is 52.3 Å². The minimum atomic E-state index is -1.06. The Balaban J connectivity index is 2.93. The quantitative estimate of drug-likeness (QED) is 0.734. The van der Waals surface area contributed by atoms with Gasteiger partial charge in [0.15, 0.2) is 11.6 Å². The molecular weight excluding hydrogens is 185 g/mol. The van der Waals surface area contributed by atoms with Crippen molar-refractivity contribution in [3.8, 4) is 5.75 Å². The van der Waals surface area contributed by atoms with Gasteiger partial charge in [0.25, 0.3) is 0 Å². The Morgan fingerprint density at radius 2 is 2.25 bits per heavy atom. The van der Waals surface area contributed by atoms with Crippen LogP contribution in [0, 0.1) is 5.82 Å². The summed E-state index contributed by atoms with van der Waals surface area (Å²) >= 11 is 5.44. The summed E-state index contributed by atoms with van der Waals surface area (Å²) < 4.78 is 17.1. The van der Waals surface area contributed by atoms with E-state index in [4.69, 9.17) is 11.6 Å². The lowest BCUT2D eigenvalue weighted by Gasteiger charge is -2.01. The predicted molar refractivity (Wildman–Crippen MR) is 41.6 cm³/mol. The Kier molecular flexibility index (Phi) is 2.50. The highest BCUT2D eigenvalue weighted by Crippen LogP contribution is 2.20. The molecule has 1 rings (SSSR count). The molecule has 1 amide bonds. The van der Waals surface area contributed by atoms with Crippen molar-refractivity contribution < 1.29 is 13.9 Å². The highest BCUT2D eigenvalue weighted by atomic mass is 35.5. The molecule has 1 aromatic carbocycles. The molecule has 1 aromatic rings. The summed E-state index contributed by atoms with van der Waals surface area (Å²) in [6, 6.07) is 3.64. The van der Waals surface area contributed by atoms with Gasteiger partial charge in [-0.15, -0.1) is 0 Å². The molecule has 0 atom stereocenters. The van der Waals surface area contributed by atoms with Crippen molar-refractivity contribution in [1.82, 2.24) is 0 Å². The minimum absolute atomic E-state index is 0.226. The molecule has 0 radical (unpaired) electrons. The van der Waals surface area contributed by atoms with Crippen LogP contribution in [0.1, 0.15) is 0 Å². The Hall–Kier alpha value is -1.29. The molecule has 0 aliphatic rings.